The number of nitrogens with zero attached hydrogens (tertiary/aromatic N) is 1. The molecule has 0 heterocycles. The summed E-state index contributed by atoms with van der Waals surface area (Å²) in [4.78, 5) is 27.3. The van der Waals surface area contributed by atoms with Crippen LogP contribution in [0.1, 0.15) is 31.4 Å². The standard InChI is InChI=1S/C23H28Cl2N2O3S/c1-4-10-26-23(29)16(2)27(13-17-6-5-7-19(11-17)30-3)22(28)15-31-14-18-8-9-20(24)21(25)12-18/h5-9,11-12,16H,4,10,13-15H2,1-3H3,(H,26,29). The van der Waals surface area contributed by atoms with Gasteiger partial charge in [0.2, 0.25) is 11.8 Å². The van der Waals surface area contributed by atoms with Crippen molar-refractivity contribution in [3.8, 4) is 5.75 Å². The highest BCUT2D eigenvalue weighted by atomic mass is 35.5. The van der Waals surface area contributed by atoms with Crippen LogP contribution in [-0.2, 0) is 21.9 Å². The second-order valence-corrected chi connectivity index (χ2v) is 8.88. The Bertz CT molecular complexity index is 895. The van der Waals surface area contributed by atoms with Crippen LogP contribution < -0.4 is 10.1 Å². The zero-order valence-electron chi connectivity index (χ0n) is 18.0. The smallest absolute Gasteiger partial charge is 0.242 e. The zero-order valence-corrected chi connectivity index (χ0v) is 20.3. The van der Waals surface area contributed by atoms with Crippen molar-refractivity contribution in [3.63, 3.8) is 0 Å². The molecule has 0 aliphatic carbocycles. The lowest BCUT2D eigenvalue weighted by molar-refractivity contribution is -0.138. The summed E-state index contributed by atoms with van der Waals surface area (Å²) in [5, 5.41) is 3.87. The summed E-state index contributed by atoms with van der Waals surface area (Å²) in [7, 11) is 1.60. The molecule has 5 nitrogen and oxygen atoms in total. The van der Waals surface area contributed by atoms with Crippen molar-refractivity contribution >= 4 is 46.8 Å². The minimum atomic E-state index is -0.587. The van der Waals surface area contributed by atoms with E-state index in [9.17, 15) is 9.59 Å². The summed E-state index contributed by atoms with van der Waals surface area (Å²) in [6.45, 7) is 4.65. The molecule has 0 aromatic heterocycles. The van der Waals surface area contributed by atoms with E-state index < -0.39 is 6.04 Å². The Labute approximate surface area is 198 Å². The van der Waals surface area contributed by atoms with E-state index in [4.69, 9.17) is 27.9 Å². The van der Waals surface area contributed by atoms with Crippen LogP contribution in [0.2, 0.25) is 10.0 Å². The molecule has 2 aromatic rings. The number of methoxy groups -OCH3 is 1. The molecule has 0 fully saturated rings. The van der Waals surface area contributed by atoms with E-state index in [0.29, 0.717) is 34.6 Å². The number of carbonyl (C=O) groups is 2. The molecule has 0 radical (unpaired) electrons. The van der Waals surface area contributed by atoms with Gasteiger partial charge in [0, 0.05) is 18.8 Å². The molecule has 2 aromatic carbocycles. The number of hydrogen-bond donors (Lipinski definition) is 1. The molecule has 1 unspecified atom stereocenters. The third-order valence-electron chi connectivity index (χ3n) is 4.68. The van der Waals surface area contributed by atoms with E-state index in [1.807, 2.05) is 37.3 Å². The van der Waals surface area contributed by atoms with Gasteiger partial charge < -0.3 is 15.0 Å². The Morgan fingerprint density at radius 1 is 1.13 bits per heavy atom. The molecule has 31 heavy (non-hydrogen) atoms. The molecular formula is C23H28Cl2N2O3S. The van der Waals surface area contributed by atoms with Crippen LogP contribution in [-0.4, -0.2) is 42.2 Å². The molecule has 0 bridgehead atoms. The lowest BCUT2D eigenvalue weighted by Gasteiger charge is -2.29. The highest BCUT2D eigenvalue weighted by Crippen LogP contribution is 2.25. The second-order valence-electron chi connectivity index (χ2n) is 7.08. The van der Waals surface area contributed by atoms with E-state index in [0.717, 1.165) is 17.5 Å². The maximum Gasteiger partial charge on any atom is 0.242 e. The molecule has 0 saturated carbocycles. The van der Waals surface area contributed by atoms with Gasteiger partial charge in [-0.3, -0.25) is 9.59 Å². The summed E-state index contributed by atoms with van der Waals surface area (Å²) in [5.74, 6) is 1.31. The lowest BCUT2D eigenvalue weighted by atomic mass is 10.1. The molecule has 0 saturated heterocycles. The van der Waals surface area contributed by atoms with Gasteiger partial charge >= 0.3 is 0 Å². The topological polar surface area (TPSA) is 58.6 Å². The lowest BCUT2D eigenvalue weighted by Crippen LogP contribution is -2.48. The summed E-state index contributed by atoms with van der Waals surface area (Å²) in [6, 6.07) is 12.4. The van der Waals surface area contributed by atoms with E-state index in [-0.39, 0.29) is 17.6 Å². The molecule has 0 aliphatic heterocycles. The largest absolute Gasteiger partial charge is 0.497 e. The van der Waals surface area contributed by atoms with E-state index in [1.54, 1.807) is 31.1 Å². The molecule has 168 valence electrons. The number of hydrogen-bond acceptors (Lipinski definition) is 4. The minimum absolute atomic E-state index is 0.105. The Morgan fingerprint density at radius 3 is 2.58 bits per heavy atom. The number of halogens is 2. The van der Waals surface area contributed by atoms with Crippen molar-refractivity contribution < 1.29 is 14.3 Å². The summed E-state index contributed by atoms with van der Waals surface area (Å²) >= 11 is 13.5. The number of nitrogens with one attached hydrogen (secondary N) is 1. The zero-order chi connectivity index (χ0) is 22.8. The van der Waals surface area contributed by atoms with Crippen molar-refractivity contribution in [1.82, 2.24) is 10.2 Å². The summed E-state index contributed by atoms with van der Waals surface area (Å²) in [6.07, 6.45) is 0.835. The average molecular weight is 483 g/mol. The summed E-state index contributed by atoms with van der Waals surface area (Å²) < 4.78 is 5.28. The molecule has 2 rings (SSSR count). The minimum Gasteiger partial charge on any atom is -0.497 e. The second kappa shape index (κ2) is 12.8. The number of ether oxygens (including phenoxy) is 1. The van der Waals surface area contributed by atoms with Gasteiger partial charge in [-0.05, 0) is 48.7 Å². The van der Waals surface area contributed by atoms with Gasteiger partial charge in [-0.1, -0.05) is 48.3 Å². The fourth-order valence-electron chi connectivity index (χ4n) is 2.91. The summed E-state index contributed by atoms with van der Waals surface area (Å²) in [5.41, 5.74) is 1.89. The third-order valence-corrected chi connectivity index (χ3v) is 6.41. The van der Waals surface area contributed by atoms with Gasteiger partial charge in [-0.15, -0.1) is 11.8 Å². The molecule has 8 heteroatoms. The van der Waals surface area contributed by atoms with Gasteiger partial charge in [0.05, 0.1) is 22.9 Å². The van der Waals surface area contributed by atoms with Crippen molar-refractivity contribution in [3.05, 3.63) is 63.6 Å². The first-order valence-corrected chi connectivity index (χ1v) is 12.0. The Morgan fingerprint density at radius 2 is 1.90 bits per heavy atom. The van der Waals surface area contributed by atoms with Crippen molar-refractivity contribution in [1.29, 1.82) is 0 Å². The van der Waals surface area contributed by atoms with Crippen LogP contribution in [0.25, 0.3) is 0 Å². The maximum atomic E-state index is 13.1. The highest BCUT2D eigenvalue weighted by molar-refractivity contribution is 7.99. The SMILES string of the molecule is CCCNC(=O)C(C)N(Cc1cccc(OC)c1)C(=O)CSCc1ccc(Cl)c(Cl)c1. The van der Waals surface area contributed by atoms with Crippen molar-refractivity contribution in [2.45, 2.75) is 38.6 Å². The Hall–Kier alpha value is -1.89. The van der Waals surface area contributed by atoms with Crippen LogP contribution in [0.3, 0.4) is 0 Å². The fourth-order valence-corrected chi connectivity index (χ4v) is 4.09. The van der Waals surface area contributed by atoms with E-state index in [1.165, 1.54) is 11.8 Å². The first kappa shape index (κ1) is 25.4. The van der Waals surface area contributed by atoms with Crippen LogP contribution >= 0.6 is 35.0 Å². The number of thioether (sulfide) groups is 1. The monoisotopic (exact) mass is 482 g/mol. The van der Waals surface area contributed by atoms with Crippen LogP contribution in [0.5, 0.6) is 5.75 Å². The molecule has 0 aliphatic rings. The molecule has 1 N–H and O–H groups in total. The van der Waals surface area contributed by atoms with Gasteiger partial charge in [-0.25, -0.2) is 0 Å². The molecule has 2 amide bonds. The number of rotatable bonds is 11. The number of amides is 2. The normalized spacial score (nSPS) is 11.6. The van der Waals surface area contributed by atoms with Crippen LogP contribution in [0.4, 0.5) is 0 Å². The van der Waals surface area contributed by atoms with E-state index >= 15 is 0 Å². The third kappa shape index (κ3) is 7.95. The Kier molecular flexibility index (Phi) is 10.5. The Balaban J connectivity index is 2.08. The maximum absolute atomic E-state index is 13.1. The first-order valence-electron chi connectivity index (χ1n) is 10.1. The van der Waals surface area contributed by atoms with Gasteiger partial charge in [0.25, 0.3) is 0 Å². The molecule has 0 spiro atoms. The predicted molar refractivity (Wildman–Crippen MR) is 129 cm³/mol. The molecule has 1 atom stereocenters. The van der Waals surface area contributed by atoms with Crippen LogP contribution in [0, 0.1) is 0 Å². The number of carbonyl (C=O) groups excluding carboxylic acids is 2. The van der Waals surface area contributed by atoms with Gasteiger partial charge in [-0.2, -0.15) is 0 Å². The van der Waals surface area contributed by atoms with Gasteiger partial charge in [0.15, 0.2) is 0 Å². The number of benzene rings is 2. The van der Waals surface area contributed by atoms with E-state index in [2.05, 4.69) is 5.32 Å². The van der Waals surface area contributed by atoms with Gasteiger partial charge in [0.1, 0.15) is 11.8 Å². The fraction of sp³-hybridized carbons (Fsp3) is 0.391. The molecular weight excluding hydrogens is 455 g/mol. The quantitative estimate of drug-likeness (QED) is 0.479. The van der Waals surface area contributed by atoms with Crippen molar-refractivity contribution in [2.75, 3.05) is 19.4 Å². The predicted octanol–water partition coefficient (Wildman–Crippen LogP) is 5.18. The first-order chi connectivity index (χ1) is 14.8. The average Bonchev–Trinajstić information content (AvgIpc) is 2.77. The van der Waals surface area contributed by atoms with Crippen LogP contribution in [0.15, 0.2) is 42.5 Å². The highest BCUT2D eigenvalue weighted by Gasteiger charge is 2.26. The van der Waals surface area contributed by atoms with Crippen molar-refractivity contribution in [2.24, 2.45) is 0 Å².